The fraction of sp³-hybridized carbons (Fsp3) is 0.278. The SMILES string of the molecule is Cc1ccc(Cl)c(OCC(=O)NCc2ccccc2S(=O)(=O)N(C)C)c1. The topological polar surface area (TPSA) is 75.7 Å². The van der Waals surface area contributed by atoms with E-state index >= 15 is 0 Å². The number of amides is 1. The van der Waals surface area contributed by atoms with Gasteiger partial charge in [-0.3, -0.25) is 4.79 Å². The lowest BCUT2D eigenvalue weighted by Gasteiger charge is -2.15. The van der Waals surface area contributed by atoms with Gasteiger partial charge in [-0.15, -0.1) is 0 Å². The van der Waals surface area contributed by atoms with Crippen LogP contribution in [0.5, 0.6) is 5.75 Å². The molecule has 26 heavy (non-hydrogen) atoms. The molecule has 1 N–H and O–H groups in total. The molecule has 0 saturated heterocycles. The fourth-order valence-electron chi connectivity index (χ4n) is 2.21. The minimum absolute atomic E-state index is 0.0764. The highest BCUT2D eigenvalue weighted by atomic mass is 35.5. The van der Waals surface area contributed by atoms with Crippen LogP contribution in [-0.2, 0) is 21.4 Å². The van der Waals surface area contributed by atoms with Crippen LogP contribution in [-0.4, -0.2) is 39.3 Å². The maximum absolute atomic E-state index is 12.4. The number of sulfonamides is 1. The first-order chi connectivity index (χ1) is 12.2. The van der Waals surface area contributed by atoms with Crippen LogP contribution >= 0.6 is 11.6 Å². The Labute approximate surface area is 158 Å². The summed E-state index contributed by atoms with van der Waals surface area (Å²) in [4.78, 5) is 12.2. The van der Waals surface area contributed by atoms with Gasteiger partial charge in [0, 0.05) is 20.6 Å². The molecule has 0 aromatic heterocycles. The van der Waals surface area contributed by atoms with E-state index in [1.54, 1.807) is 30.3 Å². The zero-order valence-electron chi connectivity index (χ0n) is 14.8. The minimum Gasteiger partial charge on any atom is -0.482 e. The zero-order valence-corrected chi connectivity index (χ0v) is 16.4. The van der Waals surface area contributed by atoms with Crippen molar-refractivity contribution in [2.24, 2.45) is 0 Å². The van der Waals surface area contributed by atoms with Gasteiger partial charge in [-0.1, -0.05) is 35.9 Å². The summed E-state index contributed by atoms with van der Waals surface area (Å²) in [5.74, 6) is 0.0528. The average molecular weight is 397 g/mol. The van der Waals surface area contributed by atoms with Crippen LogP contribution in [0.2, 0.25) is 5.02 Å². The molecule has 140 valence electrons. The lowest BCUT2D eigenvalue weighted by atomic mass is 10.2. The van der Waals surface area contributed by atoms with Gasteiger partial charge in [0.1, 0.15) is 5.75 Å². The van der Waals surface area contributed by atoms with Gasteiger partial charge in [0.15, 0.2) is 6.61 Å². The van der Waals surface area contributed by atoms with E-state index in [1.165, 1.54) is 20.2 Å². The van der Waals surface area contributed by atoms with Crippen LogP contribution < -0.4 is 10.1 Å². The minimum atomic E-state index is -3.59. The molecule has 8 heteroatoms. The average Bonchev–Trinajstić information content (AvgIpc) is 2.60. The standard InChI is InChI=1S/C18H21ClN2O4S/c1-13-8-9-15(19)16(10-13)25-12-18(22)20-11-14-6-4-5-7-17(14)26(23,24)21(2)3/h4-10H,11-12H2,1-3H3,(H,20,22). The Morgan fingerprint density at radius 3 is 2.58 bits per heavy atom. The molecule has 2 rings (SSSR count). The maximum atomic E-state index is 12.4. The summed E-state index contributed by atoms with van der Waals surface area (Å²) >= 11 is 6.03. The summed E-state index contributed by atoms with van der Waals surface area (Å²) in [7, 11) is -0.663. The molecule has 0 bridgehead atoms. The molecular weight excluding hydrogens is 376 g/mol. The number of carbonyl (C=O) groups excluding carboxylic acids is 1. The van der Waals surface area contributed by atoms with Crippen LogP contribution in [0, 0.1) is 6.92 Å². The van der Waals surface area contributed by atoms with Gasteiger partial charge in [0.2, 0.25) is 10.0 Å². The van der Waals surface area contributed by atoms with Crippen molar-refractivity contribution in [3.8, 4) is 5.75 Å². The number of rotatable bonds is 7. The van der Waals surface area contributed by atoms with Crippen LogP contribution in [0.3, 0.4) is 0 Å². The molecule has 2 aromatic carbocycles. The van der Waals surface area contributed by atoms with Crippen molar-refractivity contribution in [1.29, 1.82) is 0 Å². The fourth-order valence-corrected chi connectivity index (χ4v) is 3.50. The highest BCUT2D eigenvalue weighted by Gasteiger charge is 2.20. The van der Waals surface area contributed by atoms with E-state index in [4.69, 9.17) is 16.3 Å². The lowest BCUT2D eigenvalue weighted by Crippen LogP contribution is -2.30. The van der Waals surface area contributed by atoms with E-state index in [9.17, 15) is 13.2 Å². The summed E-state index contributed by atoms with van der Waals surface area (Å²) in [6, 6.07) is 11.8. The molecular formula is C18H21ClN2O4S. The van der Waals surface area contributed by atoms with E-state index < -0.39 is 10.0 Å². The molecule has 0 saturated carbocycles. The second-order valence-corrected chi connectivity index (χ2v) is 8.42. The zero-order chi connectivity index (χ0) is 19.3. The van der Waals surface area contributed by atoms with E-state index in [2.05, 4.69) is 5.32 Å². The number of hydrogen-bond acceptors (Lipinski definition) is 4. The lowest BCUT2D eigenvalue weighted by molar-refractivity contribution is -0.123. The number of hydrogen-bond donors (Lipinski definition) is 1. The van der Waals surface area contributed by atoms with Crippen LogP contribution in [0.15, 0.2) is 47.4 Å². The first-order valence-corrected chi connectivity index (χ1v) is 9.69. The molecule has 0 radical (unpaired) electrons. The molecule has 2 aromatic rings. The molecule has 0 fully saturated rings. The largest absolute Gasteiger partial charge is 0.482 e. The van der Waals surface area contributed by atoms with Crippen LogP contribution in [0.1, 0.15) is 11.1 Å². The first kappa shape index (κ1) is 20.2. The molecule has 0 unspecified atom stereocenters. The van der Waals surface area contributed by atoms with Crippen LogP contribution in [0.4, 0.5) is 0 Å². The Morgan fingerprint density at radius 2 is 1.88 bits per heavy atom. The third kappa shape index (κ3) is 4.97. The monoisotopic (exact) mass is 396 g/mol. The van der Waals surface area contributed by atoms with Crippen LogP contribution in [0.25, 0.3) is 0 Å². The van der Waals surface area contributed by atoms with Gasteiger partial charge in [0.05, 0.1) is 9.92 Å². The number of halogens is 1. The highest BCUT2D eigenvalue weighted by molar-refractivity contribution is 7.89. The maximum Gasteiger partial charge on any atom is 0.258 e. The Hall–Kier alpha value is -2.09. The molecule has 0 aliphatic carbocycles. The van der Waals surface area contributed by atoms with Crippen molar-refractivity contribution < 1.29 is 17.9 Å². The molecule has 0 aliphatic rings. The first-order valence-electron chi connectivity index (χ1n) is 7.88. The second kappa shape index (κ2) is 8.53. The molecule has 0 spiro atoms. The van der Waals surface area contributed by atoms with Crippen molar-refractivity contribution in [3.05, 3.63) is 58.6 Å². The summed E-state index contributed by atoms with van der Waals surface area (Å²) in [5, 5.41) is 3.09. The number of aryl methyl sites for hydroxylation is 1. The molecule has 6 nitrogen and oxygen atoms in total. The second-order valence-electron chi connectivity index (χ2n) is 5.89. The Morgan fingerprint density at radius 1 is 1.19 bits per heavy atom. The van der Waals surface area contributed by atoms with E-state index in [0.717, 1.165) is 9.87 Å². The predicted octanol–water partition coefficient (Wildman–Crippen LogP) is 2.59. The van der Waals surface area contributed by atoms with Gasteiger partial charge in [-0.25, -0.2) is 12.7 Å². The predicted molar refractivity (Wildman–Crippen MR) is 101 cm³/mol. The van der Waals surface area contributed by atoms with Crippen molar-refractivity contribution in [1.82, 2.24) is 9.62 Å². The van der Waals surface area contributed by atoms with Gasteiger partial charge in [-0.2, -0.15) is 0 Å². The van der Waals surface area contributed by atoms with Gasteiger partial charge < -0.3 is 10.1 Å². The van der Waals surface area contributed by atoms with E-state index in [1.807, 2.05) is 13.0 Å². The smallest absolute Gasteiger partial charge is 0.258 e. The van der Waals surface area contributed by atoms with Crippen molar-refractivity contribution >= 4 is 27.5 Å². The third-order valence-electron chi connectivity index (χ3n) is 3.65. The summed E-state index contributed by atoms with van der Waals surface area (Å²) < 4.78 is 31.3. The summed E-state index contributed by atoms with van der Waals surface area (Å²) in [5.41, 5.74) is 1.47. The van der Waals surface area contributed by atoms with Crippen molar-refractivity contribution in [2.75, 3.05) is 20.7 Å². The van der Waals surface area contributed by atoms with Gasteiger partial charge in [0.25, 0.3) is 5.91 Å². The molecule has 0 heterocycles. The Balaban J connectivity index is 2.01. The number of nitrogens with zero attached hydrogens (tertiary/aromatic N) is 1. The van der Waals surface area contributed by atoms with Gasteiger partial charge >= 0.3 is 0 Å². The van der Waals surface area contributed by atoms with Gasteiger partial charge in [-0.05, 0) is 36.2 Å². The summed E-state index contributed by atoms with van der Waals surface area (Å²) in [6.45, 7) is 1.75. The quantitative estimate of drug-likeness (QED) is 0.780. The molecule has 1 amide bonds. The third-order valence-corrected chi connectivity index (χ3v) is 5.88. The number of nitrogens with one attached hydrogen (secondary N) is 1. The number of carbonyl (C=O) groups is 1. The van der Waals surface area contributed by atoms with Crippen molar-refractivity contribution in [3.63, 3.8) is 0 Å². The van der Waals surface area contributed by atoms with Crippen molar-refractivity contribution in [2.45, 2.75) is 18.4 Å². The molecule has 0 atom stereocenters. The Bertz CT molecular complexity index is 898. The van der Waals surface area contributed by atoms with E-state index in [-0.39, 0.29) is 24.0 Å². The summed E-state index contributed by atoms with van der Waals surface area (Å²) in [6.07, 6.45) is 0. The highest BCUT2D eigenvalue weighted by Crippen LogP contribution is 2.25. The Kier molecular flexibility index (Phi) is 6.63. The van der Waals surface area contributed by atoms with E-state index in [0.29, 0.717) is 16.3 Å². The molecule has 0 aliphatic heterocycles. The number of benzene rings is 2. The normalized spacial score (nSPS) is 11.4. The number of ether oxygens (including phenoxy) is 1.